The molecule has 4 heteroatoms. The number of amides is 1. The standard InChI is InChI=1S/C15H21BrN2O/c1-11-6-7-12(16)9-14(11)15(19)18(2)10-13-5-3-4-8-17-13/h6-7,9,13,17H,3-5,8,10H2,1-2H3. The molecule has 0 saturated carbocycles. The van der Waals surface area contributed by atoms with Crippen LogP contribution in [0, 0.1) is 6.92 Å². The Balaban J connectivity index is 2.03. The van der Waals surface area contributed by atoms with Crippen LogP contribution in [0.5, 0.6) is 0 Å². The number of hydrogen-bond acceptors (Lipinski definition) is 2. The van der Waals surface area contributed by atoms with Gasteiger partial charge < -0.3 is 10.2 Å². The average Bonchev–Trinajstić information content (AvgIpc) is 2.42. The number of nitrogens with zero attached hydrogens (tertiary/aromatic N) is 1. The molecule has 0 aliphatic carbocycles. The highest BCUT2D eigenvalue weighted by atomic mass is 79.9. The number of piperidine rings is 1. The van der Waals surface area contributed by atoms with E-state index in [-0.39, 0.29) is 5.91 Å². The van der Waals surface area contributed by atoms with E-state index in [0.29, 0.717) is 6.04 Å². The first-order valence-electron chi connectivity index (χ1n) is 6.83. The third-order valence-corrected chi connectivity index (χ3v) is 4.18. The fraction of sp³-hybridized carbons (Fsp3) is 0.533. The molecule has 1 aliphatic rings. The number of nitrogens with one attached hydrogen (secondary N) is 1. The number of hydrogen-bond donors (Lipinski definition) is 1. The zero-order chi connectivity index (χ0) is 13.8. The summed E-state index contributed by atoms with van der Waals surface area (Å²) in [5.74, 6) is 0.103. The Labute approximate surface area is 123 Å². The zero-order valence-electron chi connectivity index (χ0n) is 11.6. The number of benzene rings is 1. The Morgan fingerprint density at radius 3 is 2.95 bits per heavy atom. The molecular weight excluding hydrogens is 304 g/mol. The normalized spacial score (nSPS) is 19.2. The molecular formula is C15H21BrN2O. The van der Waals surface area contributed by atoms with Crippen molar-refractivity contribution in [1.82, 2.24) is 10.2 Å². The van der Waals surface area contributed by atoms with E-state index < -0.39 is 0 Å². The van der Waals surface area contributed by atoms with Gasteiger partial charge in [-0.1, -0.05) is 28.4 Å². The minimum absolute atomic E-state index is 0.103. The van der Waals surface area contributed by atoms with Gasteiger partial charge in [-0.15, -0.1) is 0 Å². The monoisotopic (exact) mass is 324 g/mol. The minimum Gasteiger partial charge on any atom is -0.340 e. The topological polar surface area (TPSA) is 32.3 Å². The van der Waals surface area contributed by atoms with Crippen molar-refractivity contribution in [2.75, 3.05) is 20.1 Å². The van der Waals surface area contributed by atoms with Crippen molar-refractivity contribution in [2.45, 2.75) is 32.2 Å². The molecule has 0 radical (unpaired) electrons. The van der Waals surface area contributed by atoms with Crippen LogP contribution in [-0.2, 0) is 0 Å². The molecule has 104 valence electrons. The van der Waals surface area contributed by atoms with E-state index in [4.69, 9.17) is 0 Å². The van der Waals surface area contributed by atoms with Crippen LogP contribution in [-0.4, -0.2) is 37.0 Å². The quantitative estimate of drug-likeness (QED) is 0.927. The first kappa shape index (κ1) is 14.5. The van der Waals surface area contributed by atoms with Crippen LogP contribution in [0.4, 0.5) is 0 Å². The van der Waals surface area contributed by atoms with Crippen LogP contribution in [0.1, 0.15) is 35.2 Å². The maximum atomic E-state index is 12.5. The van der Waals surface area contributed by atoms with Crippen LogP contribution >= 0.6 is 15.9 Å². The molecule has 1 unspecified atom stereocenters. The molecule has 0 aromatic heterocycles. The molecule has 1 saturated heterocycles. The van der Waals surface area contributed by atoms with Gasteiger partial charge in [-0.3, -0.25) is 4.79 Å². The number of carbonyl (C=O) groups excluding carboxylic acids is 1. The van der Waals surface area contributed by atoms with E-state index in [0.717, 1.165) is 35.1 Å². The zero-order valence-corrected chi connectivity index (χ0v) is 13.2. The summed E-state index contributed by atoms with van der Waals surface area (Å²) in [6.45, 7) is 3.83. The largest absolute Gasteiger partial charge is 0.340 e. The minimum atomic E-state index is 0.103. The summed E-state index contributed by atoms with van der Waals surface area (Å²) in [5.41, 5.74) is 1.81. The van der Waals surface area contributed by atoms with Crippen LogP contribution in [0.25, 0.3) is 0 Å². The second kappa shape index (κ2) is 6.53. The van der Waals surface area contributed by atoms with Crippen molar-refractivity contribution in [2.24, 2.45) is 0 Å². The maximum Gasteiger partial charge on any atom is 0.253 e. The summed E-state index contributed by atoms with van der Waals surface area (Å²) in [5, 5.41) is 3.48. The number of aryl methyl sites for hydroxylation is 1. The second-order valence-electron chi connectivity index (χ2n) is 5.29. The molecule has 1 fully saturated rings. The first-order valence-corrected chi connectivity index (χ1v) is 7.62. The molecule has 1 heterocycles. The lowest BCUT2D eigenvalue weighted by molar-refractivity contribution is 0.0774. The molecule has 1 aromatic rings. The Kier molecular flexibility index (Phi) is 4.99. The van der Waals surface area contributed by atoms with Crippen molar-refractivity contribution >= 4 is 21.8 Å². The fourth-order valence-electron chi connectivity index (χ4n) is 2.52. The first-order chi connectivity index (χ1) is 9.08. The predicted octanol–water partition coefficient (Wildman–Crippen LogP) is 2.97. The van der Waals surface area contributed by atoms with Gasteiger partial charge in [-0.2, -0.15) is 0 Å². The number of halogens is 1. The van der Waals surface area contributed by atoms with Gasteiger partial charge in [0.2, 0.25) is 0 Å². The van der Waals surface area contributed by atoms with Crippen molar-refractivity contribution in [3.63, 3.8) is 0 Å². The van der Waals surface area contributed by atoms with E-state index >= 15 is 0 Å². The second-order valence-corrected chi connectivity index (χ2v) is 6.21. The summed E-state index contributed by atoms with van der Waals surface area (Å²) in [6, 6.07) is 6.29. The number of likely N-dealkylation sites (N-methyl/N-ethyl adjacent to an activating group) is 1. The van der Waals surface area contributed by atoms with E-state index in [1.807, 2.05) is 37.1 Å². The van der Waals surface area contributed by atoms with Gasteiger partial charge >= 0.3 is 0 Å². The summed E-state index contributed by atoms with van der Waals surface area (Å²) < 4.78 is 0.950. The lowest BCUT2D eigenvalue weighted by Gasteiger charge is -2.28. The van der Waals surface area contributed by atoms with Crippen molar-refractivity contribution < 1.29 is 4.79 Å². The molecule has 1 aromatic carbocycles. The molecule has 1 aliphatic heterocycles. The third kappa shape index (κ3) is 3.80. The average molecular weight is 325 g/mol. The molecule has 1 N–H and O–H groups in total. The van der Waals surface area contributed by atoms with Crippen LogP contribution in [0.15, 0.2) is 22.7 Å². The van der Waals surface area contributed by atoms with Crippen LogP contribution in [0.2, 0.25) is 0 Å². The van der Waals surface area contributed by atoms with Crippen molar-refractivity contribution in [3.05, 3.63) is 33.8 Å². The van der Waals surface area contributed by atoms with E-state index in [2.05, 4.69) is 21.2 Å². The molecule has 0 spiro atoms. The Hall–Kier alpha value is -0.870. The SMILES string of the molecule is Cc1ccc(Br)cc1C(=O)N(C)CC1CCCCN1. The fourth-order valence-corrected chi connectivity index (χ4v) is 2.88. The molecule has 2 rings (SSSR count). The number of carbonyl (C=O) groups is 1. The highest BCUT2D eigenvalue weighted by Gasteiger charge is 2.19. The summed E-state index contributed by atoms with van der Waals surface area (Å²) >= 11 is 3.43. The molecule has 1 amide bonds. The maximum absolute atomic E-state index is 12.5. The molecule has 19 heavy (non-hydrogen) atoms. The Morgan fingerprint density at radius 1 is 1.47 bits per heavy atom. The van der Waals surface area contributed by atoms with E-state index in [9.17, 15) is 4.79 Å². The molecule has 3 nitrogen and oxygen atoms in total. The van der Waals surface area contributed by atoms with Gasteiger partial charge in [0.15, 0.2) is 0 Å². The summed E-state index contributed by atoms with van der Waals surface area (Å²) in [7, 11) is 1.89. The van der Waals surface area contributed by atoms with Gasteiger partial charge in [-0.05, 0) is 44.0 Å². The highest BCUT2D eigenvalue weighted by molar-refractivity contribution is 9.10. The third-order valence-electron chi connectivity index (χ3n) is 3.68. The van der Waals surface area contributed by atoms with Crippen LogP contribution in [0.3, 0.4) is 0 Å². The van der Waals surface area contributed by atoms with E-state index in [1.54, 1.807) is 0 Å². The smallest absolute Gasteiger partial charge is 0.253 e. The highest BCUT2D eigenvalue weighted by Crippen LogP contribution is 2.18. The predicted molar refractivity (Wildman–Crippen MR) is 81.5 cm³/mol. The van der Waals surface area contributed by atoms with Crippen LogP contribution < -0.4 is 5.32 Å². The summed E-state index contributed by atoms with van der Waals surface area (Å²) in [4.78, 5) is 14.3. The van der Waals surface area contributed by atoms with E-state index in [1.165, 1.54) is 12.8 Å². The van der Waals surface area contributed by atoms with Gasteiger partial charge in [0.1, 0.15) is 0 Å². The Morgan fingerprint density at radius 2 is 2.26 bits per heavy atom. The van der Waals surface area contributed by atoms with Gasteiger partial charge in [0.05, 0.1) is 0 Å². The lowest BCUT2D eigenvalue weighted by atomic mass is 10.0. The van der Waals surface area contributed by atoms with Crippen molar-refractivity contribution in [3.8, 4) is 0 Å². The molecule has 0 bridgehead atoms. The summed E-state index contributed by atoms with van der Waals surface area (Å²) in [6.07, 6.45) is 3.67. The lowest BCUT2D eigenvalue weighted by Crippen LogP contribution is -2.44. The number of rotatable bonds is 3. The van der Waals surface area contributed by atoms with Gasteiger partial charge in [0, 0.05) is 29.7 Å². The Bertz CT molecular complexity index is 455. The molecule has 1 atom stereocenters. The van der Waals surface area contributed by atoms with Gasteiger partial charge in [-0.25, -0.2) is 0 Å². The van der Waals surface area contributed by atoms with Crippen molar-refractivity contribution in [1.29, 1.82) is 0 Å². The van der Waals surface area contributed by atoms with Gasteiger partial charge in [0.25, 0.3) is 5.91 Å².